The van der Waals surface area contributed by atoms with Crippen LogP contribution in [0.1, 0.15) is 18.4 Å². The van der Waals surface area contributed by atoms with Crippen molar-refractivity contribution >= 4 is 34.5 Å². The van der Waals surface area contributed by atoms with Crippen LogP contribution in [0.4, 0.5) is 5.69 Å². The Morgan fingerprint density at radius 3 is 2.55 bits per heavy atom. The lowest BCUT2D eigenvalue weighted by molar-refractivity contribution is -0.131. The van der Waals surface area contributed by atoms with E-state index in [1.54, 1.807) is 36.4 Å². The van der Waals surface area contributed by atoms with Crippen LogP contribution in [0.25, 0.3) is 39.1 Å². The molecule has 7 rings (SSSR count). The zero-order valence-electron chi connectivity index (χ0n) is 26.3. The van der Waals surface area contributed by atoms with E-state index in [0.717, 1.165) is 66.0 Å². The fourth-order valence-electron chi connectivity index (χ4n) is 5.84. The summed E-state index contributed by atoms with van der Waals surface area (Å²) in [6.45, 7) is 3.75. The summed E-state index contributed by atoms with van der Waals surface area (Å²) in [5, 5.41) is 15.0. The van der Waals surface area contributed by atoms with Gasteiger partial charge in [-0.05, 0) is 48.2 Å². The van der Waals surface area contributed by atoms with Crippen LogP contribution in [0, 0.1) is 0 Å². The van der Waals surface area contributed by atoms with Crippen LogP contribution in [0.2, 0.25) is 0 Å². The molecule has 0 unspecified atom stereocenters. The number of rotatable bonds is 8. The van der Waals surface area contributed by atoms with Crippen molar-refractivity contribution in [2.45, 2.75) is 18.9 Å². The number of hydrogen-bond acceptors (Lipinski definition) is 8. The summed E-state index contributed by atoms with van der Waals surface area (Å²) in [6.07, 6.45) is 8.28. The molecular formula is C34H37N9O4. The third-order valence-electron chi connectivity index (χ3n) is 8.44. The molecule has 1 fully saturated rings. The van der Waals surface area contributed by atoms with E-state index >= 15 is 0 Å². The van der Waals surface area contributed by atoms with Crippen LogP contribution < -0.4 is 10.9 Å². The minimum absolute atomic E-state index is 0.160. The van der Waals surface area contributed by atoms with Crippen molar-refractivity contribution in [2.24, 2.45) is 7.05 Å². The number of benzene rings is 2. The number of carbonyl (C=O) groups excluding carboxylic acids is 2. The highest BCUT2D eigenvalue weighted by Crippen LogP contribution is 2.28. The molecule has 5 heterocycles. The van der Waals surface area contributed by atoms with Crippen molar-refractivity contribution in [2.75, 3.05) is 45.2 Å². The summed E-state index contributed by atoms with van der Waals surface area (Å²) >= 11 is 0. The van der Waals surface area contributed by atoms with Crippen LogP contribution >= 0.6 is 0 Å². The number of aromatic amines is 2. The number of amides is 2. The second-order valence-corrected chi connectivity index (χ2v) is 11.6. The van der Waals surface area contributed by atoms with E-state index < -0.39 is 0 Å². The largest absolute Gasteiger partial charge is 0.380 e. The highest BCUT2D eigenvalue weighted by Gasteiger charge is 2.26. The molecule has 0 radical (unpaired) electrons. The second-order valence-electron chi connectivity index (χ2n) is 11.6. The average molecular weight is 636 g/mol. The molecule has 0 saturated carbocycles. The van der Waals surface area contributed by atoms with Crippen molar-refractivity contribution < 1.29 is 14.3 Å². The molecule has 0 bridgehead atoms. The third-order valence-corrected chi connectivity index (χ3v) is 8.44. The van der Waals surface area contributed by atoms with Gasteiger partial charge in [-0.3, -0.25) is 29.1 Å². The second kappa shape index (κ2) is 14.4. The van der Waals surface area contributed by atoms with Gasteiger partial charge in [-0.25, -0.2) is 4.98 Å². The van der Waals surface area contributed by atoms with Gasteiger partial charge >= 0.3 is 0 Å². The van der Waals surface area contributed by atoms with Crippen molar-refractivity contribution in [1.29, 1.82) is 0 Å². The van der Waals surface area contributed by atoms with Crippen molar-refractivity contribution in [3.63, 3.8) is 0 Å². The number of fused-ring (bicyclic) bond motifs is 1. The van der Waals surface area contributed by atoms with Gasteiger partial charge in [0, 0.05) is 74.8 Å². The number of ether oxygens (including phenoxy) is 1. The highest BCUT2D eigenvalue weighted by atomic mass is 16.5. The quantitative estimate of drug-likeness (QED) is 0.220. The standard InChI is InChI=1S/C21H27N5O2.C13H10N4O2/c1-24-15-22-21(23-24)18-5-3-16(4-6-18)17-7-11-26(12-8-17)20(27)14-25-10-9-19(13-25)28-2;18-7-15-9-2-3-11-10(5-9)13(17-16-11)8-1-4-12(19)14-6-8/h3-7,15,19H,8-14H2,1-2H3;1-7H,(H,14,19)(H,15,18)(H,16,17)/t19-;/m0./s1. The normalized spacial score (nSPS) is 16.4. The van der Waals surface area contributed by atoms with Gasteiger partial charge in [0.05, 0.1) is 18.2 Å². The van der Waals surface area contributed by atoms with Crippen molar-refractivity contribution in [3.8, 4) is 22.6 Å². The van der Waals surface area contributed by atoms with E-state index in [-0.39, 0.29) is 17.6 Å². The number of nitrogens with zero attached hydrogens (tertiary/aromatic N) is 6. The van der Waals surface area contributed by atoms with Crippen molar-refractivity contribution in [1.82, 2.24) is 39.7 Å². The summed E-state index contributed by atoms with van der Waals surface area (Å²) in [5.41, 5.74) is 6.42. The summed E-state index contributed by atoms with van der Waals surface area (Å²) in [6, 6.07) is 16.9. The molecular weight excluding hydrogens is 598 g/mol. The smallest absolute Gasteiger partial charge is 0.247 e. The number of anilines is 1. The van der Waals surface area contributed by atoms with Gasteiger partial charge in [-0.1, -0.05) is 30.3 Å². The molecule has 3 aromatic heterocycles. The molecule has 2 aromatic carbocycles. The molecule has 5 aromatic rings. The van der Waals surface area contributed by atoms with Crippen LogP contribution in [-0.2, 0) is 21.4 Å². The SMILES string of the molecule is CO[C@H]1CCN(CC(=O)N2CC=C(c3ccc(-c4ncn(C)n4)cc3)CC2)C1.O=CNc1ccc2[nH]nc(-c3ccc(=O)[nH]c3)c2c1. The van der Waals surface area contributed by atoms with Crippen LogP contribution in [0.15, 0.2) is 78.0 Å². The van der Waals surface area contributed by atoms with Crippen LogP contribution in [0.5, 0.6) is 0 Å². The summed E-state index contributed by atoms with van der Waals surface area (Å²) < 4.78 is 7.09. The molecule has 47 heavy (non-hydrogen) atoms. The number of methoxy groups -OCH3 is 1. The molecule has 0 spiro atoms. The van der Waals surface area contributed by atoms with Crippen LogP contribution in [0.3, 0.4) is 0 Å². The van der Waals surface area contributed by atoms with Crippen molar-refractivity contribution in [3.05, 3.63) is 89.1 Å². The topological polar surface area (TPSA) is 154 Å². The number of pyridine rings is 1. The molecule has 1 atom stereocenters. The van der Waals surface area contributed by atoms with Crippen LogP contribution in [-0.4, -0.2) is 98.0 Å². The minimum Gasteiger partial charge on any atom is -0.380 e. The Kier molecular flexibility index (Phi) is 9.64. The van der Waals surface area contributed by atoms with E-state index in [1.165, 1.54) is 17.2 Å². The molecule has 3 N–H and O–H groups in total. The zero-order valence-corrected chi connectivity index (χ0v) is 26.3. The number of hydrogen-bond donors (Lipinski definition) is 3. The predicted octanol–water partition coefficient (Wildman–Crippen LogP) is 3.31. The molecule has 2 aliphatic heterocycles. The molecule has 2 aliphatic rings. The first-order valence-corrected chi connectivity index (χ1v) is 15.5. The molecule has 242 valence electrons. The number of likely N-dealkylation sites (tertiary alicyclic amines) is 1. The predicted molar refractivity (Wildman–Crippen MR) is 179 cm³/mol. The summed E-state index contributed by atoms with van der Waals surface area (Å²) in [5.74, 6) is 0.949. The van der Waals surface area contributed by atoms with Gasteiger partial charge in [0.1, 0.15) is 12.0 Å². The van der Waals surface area contributed by atoms with E-state index in [9.17, 15) is 14.4 Å². The molecule has 13 nitrogen and oxygen atoms in total. The monoisotopic (exact) mass is 635 g/mol. The Bertz CT molecular complexity index is 1920. The Balaban J connectivity index is 0.000000177. The maximum absolute atomic E-state index is 12.6. The molecule has 2 amide bonds. The number of H-pyrrole nitrogens is 2. The first kappa shape index (κ1) is 31.6. The molecule has 1 saturated heterocycles. The van der Waals surface area contributed by atoms with Gasteiger partial charge < -0.3 is 19.9 Å². The maximum Gasteiger partial charge on any atom is 0.247 e. The first-order valence-electron chi connectivity index (χ1n) is 15.5. The fraction of sp³-hybridized carbons (Fsp3) is 0.294. The Labute approximate surface area is 271 Å². The number of carbonyl (C=O) groups is 2. The molecule has 0 aliphatic carbocycles. The lowest BCUT2D eigenvalue weighted by Gasteiger charge is -2.28. The van der Waals surface area contributed by atoms with E-state index in [1.807, 2.05) is 24.1 Å². The Morgan fingerprint density at radius 1 is 1.09 bits per heavy atom. The summed E-state index contributed by atoms with van der Waals surface area (Å²) in [4.78, 5) is 45.2. The van der Waals surface area contributed by atoms with Gasteiger partial charge in [-0.2, -0.15) is 10.2 Å². The maximum atomic E-state index is 12.6. The summed E-state index contributed by atoms with van der Waals surface area (Å²) in [7, 11) is 3.61. The highest BCUT2D eigenvalue weighted by molar-refractivity contribution is 5.95. The average Bonchev–Trinajstić information content (AvgIpc) is 3.86. The zero-order chi connectivity index (χ0) is 32.8. The van der Waals surface area contributed by atoms with E-state index in [2.05, 4.69) is 65.8 Å². The lowest BCUT2D eigenvalue weighted by atomic mass is 9.98. The first-order chi connectivity index (χ1) is 22.9. The van der Waals surface area contributed by atoms with Gasteiger partial charge in [0.15, 0.2) is 5.82 Å². The van der Waals surface area contributed by atoms with Gasteiger partial charge in [0.25, 0.3) is 0 Å². The lowest BCUT2D eigenvalue weighted by Crippen LogP contribution is -2.41. The van der Waals surface area contributed by atoms with Gasteiger partial charge in [0.2, 0.25) is 17.9 Å². The number of aryl methyl sites for hydroxylation is 1. The van der Waals surface area contributed by atoms with E-state index in [4.69, 9.17) is 4.74 Å². The van der Waals surface area contributed by atoms with Gasteiger partial charge in [-0.15, -0.1) is 0 Å². The third kappa shape index (κ3) is 7.54. The van der Waals surface area contributed by atoms with E-state index in [0.29, 0.717) is 25.2 Å². The fourth-order valence-corrected chi connectivity index (χ4v) is 5.84. The minimum atomic E-state index is -0.160. The number of nitrogens with one attached hydrogen (secondary N) is 3. The molecule has 13 heteroatoms. The Hall–Kier alpha value is -5.40. The Morgan fingerprint density at radius 2 is 1.89 bits per heavy atom. The number of aromatic nitrogens is 6.